The molecule has 0 fully saturated rings. The van der Waals surface area contributed by atoms with E-state index < -0.39 is 0 Å². The second-order valence-corrected chi connectivity index (χ2v) is 5.15. The van der Waals surface area contributed by atoms with Gasteiger partial charge in [-0.05, 0) is 31.2 Å². The molecule has 3 aromatic rings. The predicted octanol–water partition coefficient (Wildman–Crippen LogP) is 1.88. The number of pyridine rings is 1. The number of carbonyl (C=O) groups excluding carboxylic acids is 1. The first kappa shape index (κ1) is 18.2. The second kappa shape index (κ2) is 8.60. The molecule has 130 valence electrons. The van der Waals surface area contributed by atoms with Gasteiger partial charge in [-0.15, -0.1) is 0 Å². The zero-order valence-electron chi connectivity index (χ0n) is 14.2. The maximum absolute atomic E-state index is 9.26. The Kier molecular flexibility index (Phi) is 6.25. The zero-order chi connectivity index (χ0) is 18.2. The molecule has 4 N–H and O–H groups in total. The number of para-hydroxylation sites is 1. The van der Waals surface area contributed by atoms with Gasteiger partial charge in [0, 0.05) is 24.4 Å². The lowest BCUT2D eigenvalue weighted by Gasteiger charge is -2.06. The molecule has 0 aliphatic carbocycles. The Balaban J connectivity index is 0.000000701. The Hall–Kier alpha value is -3.19. The van der Waals surface area contributed by atoms with Gasteiger partial charge in [-0.2, -0.15) is 5.10 Å². The van der Waals surface area contributed by atoms with Crippen LogP contribution in [-0.2, 0) is 11.4 Å². The number of amides is 1. The molecule has 3 rings (SSSR count). The normalized spacial score (nSPS) is 9.88. The van der Waals surface area contributed by atoms with Gasteiger partial charge in [-0.1, -0.05) is 18.2 Å². The lowest BCUT2D eigenvalue weighted by Crippen LogP contribution is -2.02. The van der Waals surface area contributed by atoms with Crippen molar-refractivity contribution in [2.45, 2.75) is 13.5 Å². The molecule has 1 amide bonds. The molecule has 0 saturated heterocycles. The standard InChI is InChI=1S/C17H18N4O.CH3NO/c1-12-16(13-8-9-19-14(10-13)11-22)20-21(17(12)18-2)15-6-4-3-5-7-15;2-1-3/h3-10,18,22H,11H2,1-2H3;1H,(H2,2,3). The number of aliphatic hydroxyl groups excluding tert-OH is 1. The van der Waals surface area contributed by atoms with Gasteiger partial charge in [-0.3, -0.25) is 9.78 Å². The van der Waals surface area contributed by atoms with Gasteiger partial charge in [-0.25, -0.2) is 4.68 Å². The van der Waals surface area contributed by atoms with Gasteiger partial charge in [0.2, 0.25) is 6.41 Å². The summed E-state index contributed by atoms with van der Waals surface area (Å²) in [5, 5.41) is 17.2. The van der Waals surface area contributed by atoms with Gasteiger partial charge in [0.1, 0.15) is 5.82 Å². The van der Waals surface area contributed by atoms with Crippen LogP contribution in [0.3, 0.4) is 0 Å². The van der Waals surface area contributed by atoms with E-state index in [2.05, 4.69) is 16.0 Å². The summed E-state index contributed by atoms with van der Waals surface area (Å²) in [7, 11) is 1.89. The highest BCUT2D eigenvalue weighted by atomic mass is 16.3. The minimum Gasteiger partial charge on any atom is -0.390 e. The van der Waals surface area contributed by atoms with E-state index in [0.29, 0.717) is 5.69 Å². The van der Waals surface area contributed by atoms with Crippen molar-refractivity contribution in [2.24, 2.45) is 5.73 Å². The molecule has 25 heavy (non-hydrogen) atoms. The van der Waals surface area contributed by atoms with E-state index in [4.69, 9.17) is 9.89 Å². The predicted molar refractivity (Wildman–Crippen MR) is 97.3 cm³/mol. The number of nitrogens with two attached hydrogens (primary N) is 1. The van der Waals surface area contributed by atoms with Gasteiger partial charge in [0.25, 0.3) is 0 Å². The molecule has 0 saturated carbocycles. The lowest BCUT2D eigenvalue weighted by molar-refractivity contribution is -0.106. The maximum atomic E-state index is 9.26. The zero-order valence-corrected chi connectivity index (χ0v) is 14.2. The van der Waals surface area contributed by atoms with E-state index in [1.54, 1.807) is 6.20 Å². The maximum Gasteiger partial charge on any atom is 0.204 e. The number of aliphatic hydroxyl groups is 1. The summed E-state index contributed by atoms with van der Waals surface area (Å²) in [6.07, 6.45) is 1.95. The fraction of sp³-hybridized carbons (Fsp3) is 0.167. The van der Waals surface area contributed by atoms with Crippen LogP contribution in [0.1, 0.15) is 11.3 Å². The lowest BCUT2D eigenvalue weighted by atomic mass is 10.1. The third-order valence-electron chi connectivity index (χ3n) is 3.61. The molecule has 0 bridgehead atoms. The summed E-state index contributed by atoms with van der Waals surface area (Å²) in [6, 6.07) is 13.8. The molecule has 0 spiro atoms. The van der Waals surface area contributed by atoms with E-state index in [0.717, 1.165) is 28.3 Å². The summed E-state index contributed by atoms with van der Waals surface area (Å²) >= 11 is 0. The van der Waals surface area contributed by atoms with E-state index in [1.165, 1.54) is 0 Å². The Morgan fingerprint density at radius 2 is 1.96 bits per heavy atom. The van der Waals surface area contributed by atoms with Crippen molar-refractivity contribution in [1.82, 2.24) is 14.8 Å². The molecule has 7 nitrogen and oxygen atoms in total. The van der Waals surface area contributed by atoms with E-state index in [-0.39, 0.29) is 13.0 Å². The van der Waals surface area contributed by atoms with Crippen LogP contribution in [0.15, 0.2) is 48.7 Å². The number of nitrogens with zero attached hydrogens (tertiary/aromatic N) is 3. The van der Waals surface area contributed by atoms with Crippen LogP contribution in [0.25, 0.3) is 16.9 Å². The van der Waals surface area contributed by atoms with Crippen LogP contribution in [0.2, 0.25) is 0 Å². The number of hydrogen-bond acceptors (Lipinski definition) is 5. The fourth-order valence-corrected chi connectivity index (χ4v) is 2.53. The highest BCUT2D eigenvalue weighted by Crippen LogP contribution is 2.30. The first-order valence-electron chi connectivity index (χ1n) is 7.70. The number of nitrogens with one attached hydrogen (secondary N) is 1. The number of primary amides is 1. The fourth-order valence-electron chi connectivity index (χ4n) is 2.53. The number of carbonyl (C=O) groups is 1. The molecule has 0 aliphatic rings. The molecule has 1 aromatic carbocycles. The SMILES string of the molecule is CNc1c(C)c(-c2ccnc(CO)c2)nn1-c1ccccc1.NC=O. The first-order valence-corrected chi connectivity index (χ1v) is 7.70. The van der Waals surface area contributed by atoms with Crippen LogP contribution in [0, 0.1) is 6.92 Å². The molecular weight excluding hydrogens is 318 g/mol. The Bertz CT molecular complexity index is 831. The highest BCUT2D eigenvalue weighted by Gasteiger charge is 2.16. The van der Waals surface area contributed by atoms with Crippen molar-refractivity contribution < 1.29 is 9.90 Å². The van der Waals surface area contributed by atoms with Crippen molar-refractivity contribution in [2.75, 3.05) is 12.4 Å². The number of hydrogen-bond donors (Lipinski definition) is 3. The Labute approximate surface area is 146 Å². The molecular formula is C18H21N5O2. The molecule has 7 heteroatoms. The third-order valence-corrected chi connectivity index (χ3v) is 3.61. The summed E-state index contributed by atoms with van der Waals surface area (Å²) in [5.74, 6) is 0.948. The number of aromatic nitrogens is 3. The van der Waals surface area contributed by atoms with Crippen LogP contribution < -0.4 is 11.1 Å². The molecule has 0 atom stereocenters. The Morgan fingerprint density at radius 3 is 2.56 bits per heavy atom. The van der Waals surface area contributed by atoms with Crippen molar-refractivity contribution in [1.29, 1.82) is 0 Å². The topological polar surface area (TPSA) is 106 Å². The molecule has 0 radical (unpaired) electrons. The first-order chi connectivity index (χ1) is 12.2. The Morgan fingerprint density at radius 1 is 1.28 bits per heavy atom. The highest BCUT2D eigenvalue weighted by molar-refractivity contribution is 5.70. The van der Waals surface area contributed by atoms with Gasteiger partial charge in [0.15, 0.2) is 0 Å². The molecule has 0 aliphatic heterocycles. The van der Waals surface area contributed by atoms with E-state index >= 15 is 0 Å². The average Bonchev–Trinajstić information content (AvgIpc) is 2.99. The van der Waals surface area contributed by atoms with E-state index in [9.17, 15) is 5.11 Å². The minimum absolute atomic E-state index is 0.0782. The quantitative estimate of drug-likeness (QED) is 0.629. The summed E-state index contributed by atoms with van der Waals surface area (Å²) in [6.45, 7) is 1.96. The summed E-state index contributed by atoms with van der Waals surface area (Å²) in [4.78, 5) is 12.7. The van der Waals surface area contributed by atoms with Crippen LogP contribution in [0.4, 0.5) is 5.82 Å². The van der Waals surface area contributed by atoms with Crippen molar-refractivity contribution in [3.63, 3.8) is 0 Å². The van der Waals surface area contributed by atoms with E-state index in [1.807, 2.05) is 61.1 Å². The summed E-state index contributed by atoms with van der Waals surface area (Å²) < 4.78 is 1.89. The average molecular weight is 339 g/mol. The molecule has 2 heterocycles. The number of anilines is 1. The van der Waals surface area contributed by atoms with Crippen LogP contribution in [0.5, 0.6) is 0 Å². The van der Waals surface area contributed by atoms with Crippen molar-refractivity contribution in [3.8, 4) is 16.9 Å². The van der Waals surface area contributed by atoms with Crippen molar-refractivity contribution >= 4 is 12.2 Å². The van der Waals surface area contributed by atoms with Gasteiger partial charge in [0.05, 0.1) is 23.7 Å². The molecule has 0 unspecified atom stereocenters. The van der Waals surface area contributed by atoms with Crippen LogP contribution in [-0.4, -0.2) is 33.3 Å². The minimum atomic E-state index is -0.0782. The van der Waals surface area contributed by atoms with Gasteiger partial charge < -0.3 is 16.2 Å². The smallest absolute Gasteiger partial charge is 0.204 e. The summed E-state index contributed by atoms with van der Waals surface area (Å²) in [5.41, 5.74) is 8.68. The second-order valence-electron chi connectivity index (χ2n) is 5.15. The van der Waals surface area contributed by atoms with Crippen molar-refractivity contribution in [3.05, 3.63) is 59.9 Å². The number of rotatable bonds is 4. The van der Waals surface area contributed by atoms with Crippen LogP contribution >= 0.6 is 0 Å². The largest absolute Gasteiger partial charge is 0.390 e. The third kappa shape index (κ3) is 4.02. The monoisotopic (exact) mass is 339 g/mol. The number of benzene rings is 1. The van der Waals surface area contributed by atoms with Gasteiger partial charge >= 0.3 is 0 Å². The molecule has 2 aromatic heterocycles.